The van der Waals surface area contributed by atoms with Crippen LogP contribution in [0, 0.1) is 5.82 Å². The van der Waals surface area contributed by atoms with Crippen molar-refractivity contribution in [1.82, 2.24) is 4.98 Å². The molecular weight excluding hydrogens is 239 g/mol. The minimum Gasteiger partial charge on any atom is -0.476 e. The number of aromatic nitrogens is 1. The summed E-state index contributed by atoms with van der Waals surface area (Å²) in [4.78, 5) is 3.76. The summed E-state index contributed by atoms with van der Waals surface area (Å²) in [7, 11) is 0. The summed E-state index contributed by atoms with van der Waals surface area (Å²) in [6.07, 6.45) is 2.18. The van der Waals surface area contributed by atoms with Crippen molar-refractivity contribution in [3.63, 3.8) is 0 Å². The third kappa shape index (κ3) is 3.28. The van der Waals surface area contributed by atoms with E-state index in [0.29, 0.717) is 24.0 Å². The van der Waals surface area contributed by atoms with Crippen molar-refractivity contribution in [2.45, 2.75) is 6.42 Å². The van der Waals surface area contributed by atoms with Crippen LogP contribution in [0.2, 0.25) is 0 Å². The SMILES string of the molecule is NCCCOc1ncc(Br)cc1F. The van der Waals surface area contributed by atoms with E-state index in [9.17, 15) is 4.39 Å². The van der Waals surface area contributed by atoms with E-state index in [2.05, 4.69) is 20.9 Å². The molecule has 0 saturated heterocycles. The minimum atomic E-state index is -0.466. The Morgan fingerprint density at radius 3 is 3.00 bits per heavy atom. The van der Waals surface area contributed by atoms with Crippen molar-refractivity contribution < 1.29 is 9.13 Å². The van der Waals surface area contributed by atoms with Crippen LogP contribution >= 0.6 is 15.9 Å². The predicted octanol–water partition coefficient (Wildman–Crippen LogP) is 1.71. The van der Waals surface area contributed by atoms with Gasteiger partial charge >= 0.3 is 0 Å². The van der Waals surface area contributed by atoms with Gasteiger partial charge in [-0.05, 0) is 35.0 Å². The lowest BCUT2D eigenvalue weighted by molar-refractivity contribution is 0.285. The molecule has 0 amide bonds. The molecule has 2 N–H and O–H groups in total. The molecule has 0 aliphatic carbocycles. The van der Waals surface area contributed by atoms with Gasteiger partial charge in [0, 0.05) is 10.7 Å². The number of pyridine rings is 1. The van der Waals surface area contributed by atoms with Crippen molar-refractivity contribution in [3.8, 4) is 5.88 Å². The van der Waals surface area contributed by atoms with E-state index in [1.54, 1.807) is 0 Å². The molecule has 72 valence electrons. The smallest absolute Gasteiger partial charge is 0.250 e. The molecule has 1 aromatic rings. The van der Waals surface area contributed by atoms with Crippen molar-refractivity contribution >= 4 is 15.9 Å². The average Bonchev–Trinajstić information content (AvgIpc) is 2.09. The Morgan fingerprint density at radius 2 is 2.38 bits per heavy atom. The fourth-order valence-electron chi connectivity index (χ4n) is 0.760. The Balaban J connectivity index is 2.56. The molecule has 0 unspecified atom stereocenters. The molecule has 3 nitrogen and oxygen atoms in total. The zero-order chi connectivity index (χ0) is 9.68. The Bertz CT molecular complexity index is 283. The first-order chi connectivity index (χ1) is 6.24. The summed E-state index contributed by atoms with van der Waals surface area (Å²) in [5, 5.41) is 0. The van der Waals surface area contributed by atoms with Crippen molar-refractivity contribution in [2.24, 2.45) is 5.73 Å². The van der Waals surface area contributed by atoms with Gasteiger partial charge in [-0.2, -0.15) is 0 Å². The number of rotatable bonds is 4. The van der Waals surface area contributed by atoms with Gasteiger partial charge in [0.25, 0.3) is 0 Å². The van der Waals surface area contributed by atoms with E-state index < -0.39 is 5.82 Å². The van der Waals surface area contributed by atoms with Crippen molar-refractivity contribution in [1.29, 1.82) is 0 Å². The molecule has 1 aromatic heterocycles. The van der Waals surface area contributed by atoms with Crippen LogP contribution in [0.5, 0.6) is 5.88 Å². The largest absolute Gasteiger partial charge is 0.476 e. The second-order valence-electron chi connectivity index (χ2n) is 2.43. The van der Waals surface area contributed by atoms with Gasteiger partial charge in [0.15, 0.2) is 5.82 Å². The van der Waals surface area contributed by atoms with E-state index in [4.69, 9.17) is 10.5 Å². The monoisotopic (exact) mass is 248 g/mol. The predicted molar refractivity (Wildman–Crippen MR) is 51.1 cm³/mol. The third-order valence-corrected chi connectivity index (χ3v) is 1.79. The molecule has 0 fully saturated rings. The molecule has 0 bridgehead atoms. The zero-order valence-corrected chi connectivity index (χ0v) is 8.55. The lowest BCUT2D eigenvalue weighted by Crippen LogP contribution is -2.07. The minimum absolute atomic E-state index is 0.0247. The van der Waals surface area contributed by atoms with Gasteiger partial charge in [0.05, 0.1) is 6.61 Å². The van der Waals surface area contributed by atoms with Gasteiger partial charge in [-0.15, -0.1) is 0 Å². The number of halogens is 2. The van der Waals surface area contributed by atoms with Crippen LogP contribution in [0.25, 0.3) is 0 Å². The molecule has 0 spiro atoms. The Morgan fingerprint density at radius 1 is 1.62 bits per heavy atom. The second-order valence-corrected chi connectivity index (χ2v) is 3.35. The van der Waals surface area contributed by atoms with E-state index in [0.717, 1.165) is 0 Å². The molecule has 0 saturated carbocycles. The molecular formula is C8H10BrFN2O. The normalized spacial score (nSPS) is 10.1. The highest BCUT2D eigenvalue weighted by molar-refractivity contribution is 9.10. The number of hydrogen-bond donors (Lipinski definition) is 1. The summed E-state index contributed by atoms with van der Waals surface area (Å²) in [5.74, 6) is -0.442. The summed E-state index contributed by atoms with van der Waals surface area (Å²) < 4.78 is 18.7. The molecule has 0 radical (unpaired) electrons. The molecule has 0 aliphatic rings. The van der Waals surface area contributed by atoms with Crippen molar-refractivity contribution in [3.05, 3.63) is 22.6 Å². The van der Waals surface area contributed by atoms with Crippen molar-refractivity contribution in [2.75, 3.05) is 13.2 Å². The molecule has 1 rings (SSSR count). The van der Waals surface area contributed by atoms with Crippen LogP contribution in [-0.2, 0) is 0 Å². The zero-order valence-electron chi connectivity index (χ0n) is 6.96. The topological polar surface area (TPSA) is 48.1 Å². The third-order valence-electron chi connectivity index (χ3n) is 1.36. The van der Waals surface area contributed by atoms with Gasteiger partial charge in [0.1, 0.15) is 0 Å². The van der Waals surface area contributed by atoms with E-state index in [-0.39, 0.29) is 5.88 Å². The van der Waals surface area contributed by atoms with Crippen LogP contribution in [0.3, 0.4) is 0 Å². The van der Waals surface area contributed by atoms with Gasteiger partial charge in [-0.25, -0.2) is 9.37 Å². The van der Waals surface area contributed by atoms with Gasteiger partial charge in [0.2, 0.25) is 5.88 Å². The lowest BCUT2D eigenvalue weighted by Gasteiger charge is -2.04. The number of ether oxygens (including phenoxy) is 1. The number of hydrogen-bond acceptors (Lipinski definition) is 3. The average molecular weight is 249 g/mol. The molecule has 0 atom stereocenters. The first kappa shape index (κ1) is 10.4. The number of nitrogens with zero attached hydrogens (tertiary/aromatic N) is 1. The van der Waals surface area contributed by atoms with Crippen LogP contribution in [0.15, 0.2) is 16.7 Å². The maximum atomic E-state index is 13.0. The standard InChI is InChI=1S/C8H10BrFN2O/c9-6-4-7(10)8(12-5-6)13-3-1-2-11/h4-5H,1-3,11H2. The molecule has 0 aliphatic heterocycles. The molecule has 0 aromatic carbocycles. The highest BCUT2D eigenvalue weighted by Crippen LogP contribution is 2.17. The van der Waals surface area contributed by atoms with Gasteiger partial charge in [-0.3, -0.25) is 0 Å². The Kier molecular flexibility index (Phi) is 4.11. The Hall–Kier alpha value is -0.680. The Labute approximate surface area is 84.2 Å². The molecule has 1 heterocycles. The van der Waals surface area contributed by atoms with Crippen LogP contribution < -0.4 is 10.5 Å². The fraction of sp³-hybridized carbons (Fsp3) is 0.375. The van der Waals surface area contributed by atoms with E-state index in [1.807, 2.05) is 0 Å². The summed E-state index contributed by atoms with van der Waals surface area (Å²) in [6.45, 7) is 0.917. The molecule has 13 heavy (non-hydrogen) atoms. The molecule has 5 heteroatoms. The maximum absolute atomic E-state index is 13.0. The van der Waals surface area contributed by atoms with E-state index in [1.165, 1.54) is 12.3 Å². The van der Waals surface area contributed by atoms with Crippen LogP contribution in [0.1, 0.15) is 6.42 Å². The highest BCUT2D eigenvalue weighted by atomic mass is 79.9. The first-order valence-electron chi connectivity index (χ1n) is 3.88. The maximum Gasteiger partial charge on any atom is 0.250 e. The summed E-state index contributed by atoms with van der Waals surface area (Å²) in [5.41, 5.74) is 5.25. The second kappa shape index (κ2) is 5.14. The first-order valence-corrected chi connectivity index (χ1v) is 4.67. The fourth-order valence-corrected chi connectivity index (χ4v) is 1.06. The summed E-state index contributed by atoms with van der Waals surface area (Å²) >= 11 is 3.10. The van der Waals surface area contributed by atoms with Crippen LogP contribution in [0.4, 0.5) is 4.39 Å². The quantitative estimate of drug-likeness (QED) is 0.826. The van der Waals surface area contributed by atoms with E-state index >= 15 is 0 Å². The van der Waals surface area contributed by atoms with Gasteiger partial charge in [-0.1, -0.05) is 0 Å². The summed E-state index contributed by atoms with van der Waals surface area (Å²) in [6, 6.07) is 1.31. The lowest BCUT2D eigenvalue weighted by atomic mass is 10.4. The van der Waals surface area contributed by atoms with Crippen LogP contribution in [-0.4, -0.2) is 18.1 Å². The number of nitrogens with two attached hydrogens (primary N) is 1. The highest BCUT2D eigenvalue weighted by Gasteiger charge is 2.04. The van der Waals surface area contributed by atoms with Gasteiger partial charge < -0.3 is 10.5 Å².